The van der Waals surface area contributed by atoms with Gasteiger partial charge < -0.3 is 9.47 Å². The van der Waals surface area contributed by atoms with Crippen LogP contribution < -0.4 is 0 Å². The van der Waals surface area contributed by atoms with Gasteiger partial charge >= 0.3 is 0 Å². The van der Waals surface area contributed by atoms with Gasteiger partial charge in [-0.3, -0.25) is 0 Å². The molecule has 0 saturated carbocycles. The van der Waals surface area contributed by atoms with E-state index in [1.54, 1.807) is 15.6 Å². The molecule has 3 aromatic heterocycles. The Bertz CT molecular complexity index is 1740. The van der Waals surface area contributed by atoms with Gasteiger partial charge in [0.2, 0.25) is 0 Å². The Morgan fingerprint density at radius 3 is 2.12 bits per heavy atom. The van der Waals surface area contributed by atoms with E-state index in [4.69, 9.17) is 19.6 Å². The molecular formula is C31H38BrF2N5O2Si2. The number of halogens is 3. The Balaban J connectivity index is 1.54. The zero-order valence-electron chi connectivity index (χ0n) is 25.5. The Morgan fingerprint density at radius 1 is 0.814 bits per heavy atom. The van der Waals surface area contributed by atoms with Gasteiger partial charge in [0.15, 0.2) is 0 Å². The fourth-order valence-corrected chi connectivity index (χ4v) is 6.63. The summed E-state index contributed by atoms with van der Waals surface area (Å²) in [7, 11) is -2.42. The van der Waals surface area contributed by atoms with E-state index in [2.05, 4.69) is 60.3 Å². The number of hydrogen-bond acceptors (Lipinski definition) is 5. The second-order valence-corrected chi connectivity index (χ2v) is 25.3. The Morgan fingerprint density at radius 2 is 1.47 bits per heavy atom. The van der Waals surface area contributed by atoms with Gasteiger partial charge in [-0.1, -0.05) is 57.5 Å². The third kappa shape index (κ3) is 7.48. The Kier molecular flexibility index (Phi) is 9.33. The molecule has 0 amide bonds. The minimum atomic E-state index is -1.24. The summed E-state index contributed by atoms with van der Waals surface area (Å²) in [6.45, 7) is 15.8. The van der Waals surface area contributed by atoms with Crippen LogP contribution in [0.1, 0.15) is 0 Å². The maximum atomic E-state index is 15.2. The Hall–Kier alpha value is -2.78. The average Bonchev–Trinajstić information content (AvgIpc) is 3.52. The van der Waals surface area contributed by atoms with Crippen molar-refractivity contribution in [1.29, 1.82) is 0 Å². The predicted molar refractivity (Wildman–Crippen MR) is 178 cm³/mol. The number of aromatic nitrogens is 5. The van der Waals surface area contributed by atoms with Crippen LogP contribution in [0.5, 0.6) is 0 Å². The summed E-state index contributed by atoms with van der Waals surface area (Å²) >= 11 is 3.62. The van der Waals surface area contributed by atoms with Gasteiger partial charge in [0.1, 0.15) is 40.7 Å². The molecule has 0 aliphatic heterocycles. The first-order chi connectivity index (χ1) is 20.3. The summed E-state index contributed by atoms with van der Waals surface area (Å²) < 4.78 is 46.2. The van der Waals surface area contributed by atoms with Gasteiger partial charge in [-0.2, -0.15) is 10.2 Å². The molecule has 0 spiro atoms. The maximum absolute atomic E-state index is 15.2. The molecule has 5 aromatic rings. The SMILES string of the molecule is C[Si](C)(C)CCOCn1cc(-c2ccc3c(c2)c(-c2c(F)cccc2F)nc2c(Br)n(COCC[Si](C)(C)C)nc23)cn1. The molecule has 5 rings (SSSR count). The number of nitrogens with zero attached hydrogens (tertiary/aromatic N) is 5. The highest BCUT2D eigenvalue weighted by Gasteiger charge is 2.22. The van der Waals surface area contributed by atoms with Crippen LogP contribution in [-0.2, 0) is 22.9 Å². The number of rotatable bonds is 12. The largest absolute Gasteiger partial charge is 0.360 e. The summed E-state index contributed by atoms with van der Waals surface area (Å²) in [5, 5.41) is 10.6. The van der Waals surface area contributed by atoms with Crippen molar-refractivity contribution in [2.45, 2.75) is 64.8 Å². The second-order valence-electron chi connectivity index (χ2n) is 13.3. The lowest BCUT2D eigenvalue weighted by atomic mass is 9.98. The fourth-order valence-electron chi connectivity index (χ4n) is 4.66. The quantitative estimate of drug-likeness (QED) is 0.0970. The van der Waals surface area contributed by atoms with Crippen molar-refractivity contribution in [3.63, 3.8) is 0 Å². The minimum Gasteiger partial charge on any atom is -0.360 e. The molecule has 0 N–H and O–H groups in total. The molecule has 0 radical (unpaired) electrons. The lowest BCUT2D eigenvalue weighted by Crippen LogP contribution is -2.22. The zero-order valence-corrected chi connectivity index (χ0v) is 29.1. The second kappa shape index (κ2) is 12.7. The van der Waals surface area contributed by atoms with Crippen LogP contribution in [0.2, 0.25) is 51.4 Å². The summed E-state index contributed by atoms with van der Waals surface area (Å²) in [5.41, 5.74) is 2.86. The van der Waals surface area contributed by atoms with Crippen molar-refractivity contribution in [2.24, 2.45) is 0 Å². The van der Waals surface area contributed by atoms with Crippen LogP contribution in [-0.4, -0.2) is 53.9 Å². The standard InChI is InChI=1S/C31H38BrF2N5O2Si2/c1-42(2,3)14-12-40-19-38-18-22(17-35-38)21-10-11-23-24(16-21)28(27-25(33)8-7-9-26(27)34)36-30-29(23)37-39(31(30)32)20-41-13-15-43(4,5)6/h7-11,16-18H,12-15,19-20H2,1-6H3. The van der Waals surface area contributed by atoms with Crippen LogP contribution in [0.3, 0.4) is 0 Å². The first-order valence-electron chi connectivity index (χ1n) is 14.4. The Labute approximate surface area is 261 Å². The highest BCUT2D eigenvalue weighted by atomic mass is 79.9. The monoisotopic (exact) mass is 685 g/mol. The fraction of sp³-hybridized carbons (Fsp3) is 0.387. The summed E-state index contributed by atoms with van der Waals surface area (Å²) in [4.78, 5) is 4.80. The molecule has 0 saturated heterocycles. The van der Waals surface area contributed by atoms with E-state index in [0.717, 1.165) is 28.6 Å². The maximum Gasteiger partial charge on any atom is 0.140 e. The first kappa shape index (κ1) is 31.6. The normalized spacial score (nSPS) is 12.6. The van der Waals surface area contributed by atoms with Gasteiger partial charge in [0.05, 0.1) is 17.5 Å². The minimum absolute atomic E-state index is 0.177. The van der Waals surface area contributed by atoms with Gasteiger partial charge in [-0.25, -0.2) is 23.1 Å². The average molecular weight is 687 g/mol. The summed E-state index contributed by atoms with van der Waals surface area (Å²) in [6, 6.07) is 11.8. The van der Waals surface area contributed by atoms with Crippen LogP contribution in [0.4, 0.5) is 8.78 Å². The van der Waals surface area contributed by atoms with Gasteiger partial charge in [0.25, 0.3) is 0 Å². The molecular weight excluding hydrogens is 648 g/mol. The van der Waals surface area contributed by atoms with E-state index in [0.29, 0.717) is 41.0 Å². The van der Waals surface area contributed by atoms with Crippen LogP contribution in [0.15, 0.2) is 53.4 Å². The van der Waals surface area contributed by atoms with Crippen molar-refractivity contribution < 1.29 is 18.3 Å². The molecule has 0 atom stereocenters. The van der Waals surface area contributed by atoms with E-state index in [9.17, 15) is 0 Å². The van der Waals surface area contributed by atoms with Crippen molar-refractivity contribution in [3.8, 4) is 22.4 Å². The third-order valence-electron chi connectivity index (χ3n) is 7.22. The molecule has 0 unspecified atom stereocenters. The molecule has 0 bridgehead atoms. The first-order valence-corrected chi connectivity index (χ1v) is 22.6. The van der Waals surface area contributed by atoms with Gasteiger partial charge in [0, 0.05) is 51.9 Å². The third-order valence-corrected chi connectivity index (χ3v) is 11.4. The van der Waals surface area contributed by atoms with Crippen molar-refractivity contribution in [3.05, 3.63) is 65.0 Å². The van der Waals surface area contributed by atoms with E-state index in [1.807, 2.05) is 24.4 Å². The number of pyridine rings is 1. The lowest BCUT2D eigenvalue weighted by molar-refractivity contribution is 0.0775. The van der Waals surface area contributed by atoms with Crippen molar-refractivity contribution in [1.82, 2.24) is 24.5 Å². The summed E-state index contributed by atoms with van der Waals surface area (Å²) in [5.74, 6) is -1.36. The molecule has 43 heavy (non-hydrogen) atoms. The van der Waals surface area contributed by atoms with Crippen LogP contribution in [0, 0.1) is 11.6 Å². The molecule has 3 heterocycles. The summed E-state index contributed by atoms with van der Waals surface area (Å²) in [6.07, 6.45) is 3.68. The topological polar surface area (TPSA) is 67.0 Å². The molecule has 0 fully saturated rings. The highest BCUT2D eigenvalue weighted by Crippen LogP contribution is 2.38. The predicted octanol–water partition coefficient (Wildman–Crippen LogP) is 8.78. The number of benzene rings is 2. The van der Waals surface area contributed by atoms with Crippen LogP contribution in [0.25, 0.3) is 44.2 Å². The molecule has 7 nitrogen and oxygen atoms in total. The smallest absolute Gasteiger partial charge is 0.140 e. The van der Waals surface area contributed by atoms with Crippen molar-refractivity contribution >= 4 is 53.9 Å². The molecule has 0 aliphatic rings. The van der Waals surface area contributed by atoms with E-state index >= 15 is 8.78 Å². The lowest BCUT2D eigenvalue weighted by Gasteiger charge is -2.15. The van der Waals surface area contributed by atoms with E-state index in [1.165, 1.54) is 18.2 Å². The number of ether oxygens (including phenoxy) is 2. The van der Waals surface area contributed by atoms with Gasteiger partial charge in [-0.15, -0.1) is 0 Å². The van der Waals surface area contributed by atoms with Gasteiger partial charge in [-0.05, 0) is 51.8 Å². The molecule has 228 valence electrons. The van der Waals surface area contributed by atoms with E-state index in [-0.39, 0.29) is 18.0 Å². The van der Waals surface area contributed by atoms with E-state index < -0.39 is 27.8 Å². The molecule has 0 aliphatic carbocycles. The molecule has 12 heteroatoms. The van der Waals surface area contributed by atoms with Crippen LogP contribution >= 0.6 is 15.9 Å². The van der Waals surface area contributed by atoms with Crippen molar-refractivity contribution in [2.75, 3.05) is 13.2 Å². The number of fused-ring (bicyclic) bond motifs is 3. The zero-order chi connectivity index (χ0) is 30.9. The highest BCUT2D eigenvalue weighted by molar-refractivity contribution is 9.10. The molecule has 2 aromatic carbocycles. The number of hydrogen-bond donors (Lipinski definition) is 0.